The summed E-state index contributed by atoms with van der Waals surface area (Å²) in [5, 5.41) is 3.21. The lowest BCUT2D eigenvalue weighted by Gasteiger charge is -2.35. The van der Waals surface area contributed by atoms with E-state index in [0.29, 0.717) is 18.7 Å². The molecule has 5 nitrogen and oxygen atoms in total. The Kier molecular flexibility index (Phi) is 5.19. The molecule has 1 aromatic carbocycles. The van der Waals surface area contributed by atoms with Crippen molar-refractivity contribution in [1.29, 1.82) is 0 Å². The van der Waals surface area contributed by atoms with E-state index in [0.717, 1.165) is 45.1 Å². The van der Waals surface area contributed by atoms with Crippen molar-refractivity contribution >= 4 is 11.8 Å². The fraction of sp³-hybridized carbons (Fsp3) is 0.579. The van der Waals surface area contributed by atoms with Crippen LogP contribution in [-0.4, -0.2) is 41.9 Å². The van der Waals surface area contributed by atoms with Crippen LogP contribution in [-0.2, 0) is 4.79 Å². The van der Waals surface area contributed by atoms with Crippen molar-refractivity contribution < 1.29 is 9.59 Å². The zero-order valence-corrected chi connectivity index (χ0v) is 14.2. The molecule has 130 valence electrons. The van der Waals surface area contributed by atoms with Crippen LogP contribution in [0.4, 0.5) is 0 Å². The van der Waals surface area contributed by atoms with E-state index in [1.807, 2.05) is 35.2 Å². The third-order valence-corrected chi connectivity index (χ3v) is 5.44. The van der Waals surface area contributed by atoms with Crippen LogP contribution >= 0.6 is 0 Å². The molecule has 0 spiro atoms. The Bertz CT molecular complexity index is 582. The molecule has 1 atom stereocenters. The summed E-state index contributed by atoms with van der Waals surface area (Å²) in [7, 11) is 0. The van der Waals surface area contributed by atoms with Crippen LogP contribution in [0.5, 0.6) is 0 Å². The van der Waals surface area contributed by atoms with Gasteiger partial charge in [0.25, 0.3) is 5.91 Å². The molecule has 5 heteroatoms. The van der Waals surface area contributed by atoms with E-state index in [-0.39, 0.29) is 23.3 Å². The Morgan fingerprint density at radius 1 is 1.17 bits per heavy atom. The molecule has 1 unspecified atom stereocenters. The number of carbonyl (C=O) groups is 2. The highest BCUT2D eigenvalue weighted by atomic mass is 16.2. The smallest absolute Gasteiger partial charge is 0.253 e. The summed E-state index contributed by atoms with van der Waals surface area (Å²) in [6, 6.07) is 9.29. The molecular weight excluding hydrogens is 302 g/mol. The second kappa shape index (κ2) is 7.34. The third kappa shape index (κ3) is 3.61. The topological polar surface area (TPSA) is 75.4 Å². The number of rotatable bonds is 4. The Morgan fingerprint density at radius 2 is 1.88 bits per heavy atom. The molecule has 1 saturated heterocycles. The molecule has 0 aromatic heterocycles. The van der Waals surface area contributed by atoms with Crippen molar-refractivity contribution in [3.63, 3.8) is 0 Å². The first kappa shape index (κ1) is 17.0. The molecular formula is C19H27N3O2. The molecule has 3 N–H and O–H groups in total. The van der Waals surface area contributed by atoms with Gasteiger partial charge >= 0.3 is 0 Å². The minimum Gasteiger partial charge on any atom is -0.349 e. The van der Waals surface area contributed by atoms with Gasteiger partial charge in [-0.15, -0.1) is 0 Å². The maximum atomic E-state index is 12.7. The van der Waals surface area contributed by atoms with Gasteiger partial charge in [-0.1, -0.05) is 31.0 Å². The second-order valence-corrected chi connectivity index (χ2v) is 7.14. The summed E-state index contributed by atoms with van der Waals surface area (Å²) in [4.78, 5) is 27.1. The van der Waals surface area contributed by atoms with Crippen molar-refractivity contribution in [3.05, 3.63) is 35.9 Å². The van der Waals surface area contributed by atoms with E-state index in [1.54, 1.807) is 0 Å². The van der Waals surface area contributed by atoms with E-state index in [2.05, 4.69) is 5.32 Å². The van der Waals surface area contributed by atoms with E-state index >= 15 is 0 Å². The Hall–Kier alpha value is -1.88. The summed E-state index contributed by atoms with van der Waals surface area (Å²) in [6.07, 6.45) is 5.89. The first-order chi connectivity index (χ1) is 11.6. The van der Waals surface area contributed by atoms with Gasteiger partial charge in [0, 0.05) is 25.2 Å². The molecule has 1 aliphatic heterocycles. The number of hydrogen-bond donors (Lipinski definition) is 2. The predicted molar refractivity (Wildman–Crippen MR) is 93.5 cm³/mol. The third-order valence-electron chi connectivity index (χ3n) is 5.44. The molecule has 2 fully saturated rings. The first-order valence-electron chi connectivity index (χ1n) is 9.00. The summed E-state index contributed by atoms with van der Waals surface area (Å²) in [5.74, 6) is -0.0501. The van der Waals surface area contributed by atoms with Crippen LogP contribution in [0, 0.1) is 5.92 Å². The number of piperidine rings is 1. The zero-order valence-electron chi connectivity index (χ0n) is 14.2. The van der Waals surface area contributed by atoms with Crippen molar-refractivity contribution in [1.82, 2.24) is 10.2 Å². The average Bonchev–Trinajstić information content (AvgIpc) is 3.11. The van der Waals surface area contributed by atoms with Crippen LogP contribution in [0.2, 0.25) is 0 Å². The van der Waals surface area contributed by atoms with Gasteiger partial charge in [0.1, 0.15) is 0 Å². The molecule has 24 heavy (non-hydrogen) atoms. The number of nitrogens with two attached hydrogens (primary N) is 1. The lowest BCUT2D eigenvalue weighted by Crippen LogP contribution is -2.55. The Balaban J connectivity index is 1.63. The molecule has 2 aliphatic rings. The van der Waals surface area contributed by atoms with Crippen LogP contribution in [0.1, 0.15) is 48.9 Å². The standard InChI is InChI=1S/C19H27N3O2/c20-14-19(10-4-5-11-19)21-17(23)16-9-6-12-22(13-16)18(24)15-7-2-1-3-8-15/h1-3,7-8,16H,4-6,9-14,20H2,(H,21,23). The molecule has 1 heterocycles. The van der Waals surface area contributed by atoms with Gasteiger partial charge in [0.2, 0.25) is 5.91 Å². The first-order valence-corrected chi connectivity index (χ1v) is 9.00. The summed E-state index contributed by atoms with van der Waals surface area (Å²) < 4.78 is 0. The number of carbonyl (C=O) groups excluding carboxylic acids is 2. The van der Waals surface area contributed by atoms with Crippen molar-refractivity contribution in [2.24, 2.45) is 11.7 Å². The van der Waals surface area contributed by atoms with E-state index < -0.39 is 0 Å². The maximum absolute atomic E-state index is 12.7. The largest absolute Gasteiger partial charge is 0.349 e. The normalized spacial score (nSPS) is 23.0. The van der Waals surface area contributed by atoms with Crippen LogP contribution < -0.4 is 11.1 Å². The lowest BCUT2D eigenvalue weighted by molar-refractivity contribution is -0.128. The fourth-order valence-corrected chi connectivity index (χ4v) is 3.93. The molecule has 3 rings (SSSR count). The quantitative estimate of drug-likeness (QED) is 0.886. The Labute approximate surface area is 143 Å². The molecule has 0 bridgehead atoms. The van der Waals surface area contributed by atoms with Gasteiger partial charge in [-0.25, -0.2) is 0 Å². The highest BCUT2D eigenvalue weighted by Gasteiger charge is 2.37. The van der Waals surface area contributed by atoms with Gasteiger partial charge in [-0.05, 0) is 37.8 Å². The zero-order chi connectivity index (χ0) is 17.0. The Morgan fingerprint density at radius 3 is 2.54 bits per heavy atom. The van der Waals surface area contributed by atoms with Crippen molar-refractivity contribution in [3.8, 4) is 0 Å². The fourth-order valence-electron chi connectivity index (χ4n) is 3.93. The van der Waals surface area contributed by atoms with E-state index in [4.69, 9.17) is 5.73 Å². The number of nitrogens with zero attached hydrogens (tertiary/aromatic N) is 1. The minimum absolute atomic E-state index is 0.0162. The average molecular weight is 329 g/mol. The van der Waals surface area contributed by atoms with Gasteiger partial charge in [-0.2, -0.15) is 0 Å². The number of amides is 2. The van der Waals surface area contributed by atoms with Crippen LogP contribution in [0.25, 0.3) is 0 Å². The van der Waals surface area contributed by atoms with Crippen LogP contribution in [0.3, 0.4) is 0 Å². The number of hydrogen-bond acceptors (Lipinski definition) is 3. The summed E-state index contributed by atoms with van der Waals surface area (Å²) >= 11 is 0. The van der Waals surface area contributed by atoms with Gasteiger partial charge in [0.05, 0.1) is 11.5 Å². The minimum atomic E-state index is -0.219. The molecule has 1 saturated carbocycles. The SMILES string of the molecule is NCC1(NC(=O)C2CCCN(C(=O)c3ccccc3)C2)CCCC1. The summed E-state index contributed by atoms with van der Waals surface area (Å²) in [6.45, 7) is 1.72. The van der Waals surface area contributed by atoms with Gasteiger partial charge in [0.15, 0.2) is 0 Å². The molecule has 2 amide bonds. The van der Waals surface area contributed by atoms with Gasteiger partial charge < -0.3 is 16.0 Å². The highest BCUT2D eigenvalue weighted by molar-refractivity contribution is 5.94. The van der Waals surface area contributed by atoms with Crippen molar-refractivity contribution in [2.45, 2.75) is 44.1 Å². The van der Waals surface area contributed by atoms with Crippen LogP contribution in [0.15, 0.2) is 30.3 Å². The monoisotopic (exact) mass is 329 g/mol. The van der Waals surface area contributed by atoms with E-state index in [9.17, 15) is 9.59 Å². The number of likely N-dealkylation sites (tertiary alicyclic amines) is 1. The second-order valence-electron chi connectivity index (χ2n) is 7.14. The maximum Gasteiger partial charge on any atom is 0.253 e. The molecule has 0 radical (unpaired) electrons. The highest BCUT2D eigenvalue weighted by Crippen LogP contribution is 2.29. The number of nitrogens with one attached hydrogen (secondary N) is 1. The lowest BCUT2D eigenvalue weighted by atomic mass is 9.92. The van der Waals surface area contributed by atoms with E-state index in [1.165, 1.54) is 0 Å². The molecule has 1 aliphatic carbocycles. The van der Waals surface area contributed by atoms with Gasteiger partial charge in [-0.3, -0.25) is 9.59 Å². The summed E-state index contributed by atoms with van der Waals surface area (Å²) in [5.41, 5.74) is 6.39. The predicted octanol–water partition coefficient (Wildman–Crippen LogP) is 1.93. The number of benzene rings is 1. The van der Waals surface area contributed by atoms with Crippen molar-refractivity contribution in [2.75, 3.05) is 19.6 Å². The molecule has 1 aromatic rings.